The third kappa shape index (κ3) is 4.93. The molecule has 1 aromatic carbocycles. The van der Waals surface area contributed by atoms with Crippen molar-refractivity contribution in [3.8, 4) is 0 Å². The molecule has 3 rings (SSSR count). The number of hydrogen-bond donors (Lipinski definition) is 1. The van der Waals surface area contributed by atoms with Crippen LogP contribution < -0.4 is 9.62 Å². The van der Waals surface area contributed by atoms with Crippen molar-refractivity contribution in [3.05, 3.63) is 52.7 Å². The average Bonchev–Trinajstić information content (AvgIpc) is 2.67. The summed E-state index contributed by atoms with van der Waals surface area (Å²) < 4.78 is 71.1. The minimum atomic E-state index is -4.75. The van der Waals surface area contributed by atoms with E-state index in [9.17, 15) is 21.6 Å². The van der Waals surface area contributed by atoms with Gasteiger partial charge in [-0.1, -0.05) is 17.7 Å². The van der Waals surface area contributed by atoms with E-state index in [1.54, 1.807) is 12.1 Å². The third-order valence-corrected chi connectivity index (χ3v) is 5.89. The zero-order chi connectivity index (χ0) is 20.4. The van der Waals surface area contributed by atoms with Crippen LogP contribution in [0.2, 0.25) is 5.02 Å². The van der Waals surface area contributed by atoms with E-state index >= 15 is 0 Å². The van der Waals surface area contributed by atoms with E-state index in [-0.39, 0.29) is 6.54 Å². The van der Waals surface area contributed by atoms with Gasteiger partial charge in [0.15, 0.2) is 0 Å². The number of nitrogens with zero attached hydrogens (tertiary/aromatic N) is 2. The first-order chi connectivity index (χ1) is 13.2. The van der Waals surface area contributed by atoms with E-state index in [0.29, 0.717) is 24.8 Å². The molecule has 2 heterocycles. The van der Waals surface area contributed by atoms with Crippen LogP contribution in [0.3, 0.4) is 0 Å². The summed E-state index contributed by atoms with van der Waals surface area (Å²) in [7, 11) is -4.15. The van der Waals surface area contributed by atoms with Gasteiger partial charge >= 0.3 is 6.18 Å². The maximum atomic E-state index is 12.9. The molecule has 6 nitrogen and oxygen atoms in total. The molecule has 152 valence electrons. The van der Waals surface area contributed by atoms with Gasteiger partial charge in [-0.15, -0.1) is 0 Å². The average molecular weight is 436 g/mol. The predicted molar refractivity (Wildman–Crippen MR) is 97.7 cm³/mol. The van der Waals surface area contributed by atoms with E-state index in [2.05, 4.69) is 9.71 Å². The molecule has 1 fully saturated rings. The van der Waals surface area contributed by atoms with Crippen LogP contribution in [0.15, 0.2) is 41.4 Å². The van der Waals surface area contributed by atoms with Crippen molar-refractivity contribution < 1.29 is 26.3 Å². The molecule has 0 aliphatic carbocycles. The summed E-state index contributed by atoms with van der Waals surface area (Å²) in [6.45, 7) is 2.56. The van der Waals surface area contributed by atoms with Crippen LogP contribution in [0.5, 0.6) is 0 Å². The van der Waals surface area contributed by atoms with Gasteiger partial charge in [0.2, 0.25) is 10.0 Å². The number of nitrogens with one attached hydrogen (secondary N) is 1. The Morgan fingerprint density at radius 2 is 1.89 bits per heavy atom. The Labute approximate surface area is 165 Å². The summed E-state index contributed by atoms with van der Waals surface area (Å²) >= 11 is 5.53. The van der Waals surface area contributed by atoms with Crippen LogP contribution in [0.4, 0.5) is 19.0 Å². The highest BCUT2D eigenvalue weighted by Gasteiger charge is 2.34. The van der Waals surface area contributed by atoms with Gasteiger partial charge in [0, 0.05) is 25.8 Å². The van der Waals surface area contributed by atoms with Gasteiger partial charge in [-0.05, 0) is 29.8 Å². The number of anilines is 1. The van der Waals surface area contributed by atoms with E-state index in [0.717, 1.165) is 31.0 Å². The predicted octanol–water partition coefficient (Wildman–Crippen LogP) is 3.07. The maximum Gasteiger partial charge on any atom is 0.417 e. The fourth-order valence-corrected chi connectivity index (χ4v) is 3.92. The standard InChI is InChI=1S/C17H17ClF3N3O3S/c18-15-3-2-13(9-14(15)17(19,20)21)28(25,26)23-11-12-1-4-16(22-10-12)24-5-7-27-8-6-24/h1-4,9-10,23H,5-8,11H2. The molecule has 1 saturated heterocycles. The summed E-state index contributed by atoms with van der Waals surface area (Å²) in [5.41, 5.74) is -0.626. The molecule has 28 heavy (non-hydrogen) atoms. The number of aromatic nitrogens is 1. The largest absolute Gasteiger partial charge is 0.417 e. The van der Waals surface area contributed by atoms with E-state index in [1.165, 1.54) is 6.20 Å². The van der Waals surface area contributed by atoms with Gasteiger partial charge in [-0.3, -0.25) is 0 Å². The molecule has 1 N–H and O–H groups in total. The molecule has 0 radical (unpaired) electrons. The Kier molecular flexibility index (Phi) is 6.13. The number of rotatable bonds is 5. The van der Waals surface area contributed by atoms with Gasteiger partial charge in [-0.2, -0.15) is 13.2 Å². The lowest BCUT2D eigenvalue weighted by atomic mass is 10.2. The second-order valence-electron chi connectivity index (χ2n) is 6.09. The zero-order valence-corrected chi connectivity index (χ0v) is 16.1. The molecule has 0 unspecified atom stereocenters. The van der Waals surface area contributed by atoms with Crippen molar-refractivity contribution in [1.29, 1.82) is 0 Å². The second kappa shape index (κ2) is 8.24. The van der Waals surface area contributed by atoms with Crippen molar-refractivity contribution in [2.24, 2.45) is 0 Å². The molecule has 0 saturated carbocycles. The summed E-state index contributed by atoms with van der Waals surface area (Å²) in [5, 5.41) is -0.561. The van der Waals surface area contributed by atoms with Gasteiger partial charge in [0.25, 0.3) is 0 Å². The summed E-state index contributed by atoms with van der Waals surface area (Å²) in [6, 6.07) is 5.93. The minimum absolute atomic E-state index is 0.108. The lowest BCUT2D eigenvalue weighted by Crippen LogP contribution is -2.36. The number of alkyl halides is 3. The summed E-state index contributed by atoms with van der Waals surface area (Å²) in [4.78, 5) is 5.84. The monoisotopic (exact) mass is 435 g/mol. The zero-order valence-electron chi connectivity index (χ0n) is 14.5. The lowest BCUT2D eigenvalue weighted by molar-refractivity contribution is -0.137. The van der Waals surface area contributed by atoms with Crippen LogP contribution in [-0.4, -0.2) is 39.7 Å². The quantitative estimate of drug-likeness (QED) is 0.781. The molecule has 1 aromatic heterocycles. The minimum Gasteiger partial charge on any atom is -0.378 e. The molecule has 2 aromatic rings. The molecule has 0 amide bonds. The second-order valence-corrected chi connectivity index (χ2v) is 8.26. The molecule has 11 heteroatoms. The fourth-order valence-electron chi connectivity index (χ4n) is 2.65. The Morgan fingerprint density at radius 3 is 2.50 bits per heavy atom. The molecular weight excluding hydrogens is 419 g/mol. The van der Waals surface area contributed by atoms with E-state index in [4.69, 9.17) is 16.3 Å². The first-order valence-corrected chi connectivity index (χ1v) is 10.2. The Hall–Kier alpha value is -1.88. The first kappa shape index (κ1) is 20.8. The smallest absolute Gasteiger partial charge is 0.378 e. The highest BCUT2D eigenvalue weighted by molar-refractivity contribution is 7.89. The third-order valence-electron chi connectivity index (χ3n) is 4.16. The topological polar surface area (TPSA) is 71.5 Å². The maximum absolute atomic E-state index is 12.9. The summed E-state index contributed by atoms with van der Waals surface area (Å²) in [5.74, 6) is 0.752. The molecule has 1 aliphatic heterocycles. The van der Waals surface area contributed by atoms with Crippen molar-refractivity contribution in [2.75, 3.05) is 31.2 Å². The molecule has 0 bridgehead atoms. The molecular formula is C17H17ClF3N3O3S. The first-order valence-electron chi connectivity index (χ1n) is 8.31. The van der Waals surface area contributed by atoms with Gasteiger partial charge < -0.3 is 9.64 Å². The Morgan fingerprint density at radius 1 is 1.18 bits per heavy atom. The van der Waals surface area contributed by atoms with E-state index in [1.807, 2.05) is 4.90 Å². The number of pyridine rings is 1. The normalized spacial score (nSPS) is 15.6. The van der Waals surface area contributed by atoms with Crippen molar-refractivity contribution in [1.82, 2.24) is 9.71 Å². The fraction of sp³-hybridized carbons (Fsp3) is 0.353. The number of ether oxygens (including phenoxy) is 1. The highest BCUT2D eigenvalue weighted by Crippen LogP contribution is 2.35. The van der Waals surface area contributed by atoms with Crippen LogP contribution >= 0.6 is 11.6 Å². The number of sulfonamides is 1. The van der Waals surface area contributed by atoms with Gasteiger partial charge in [0.05, 0.1) is 28.7 Å². The van der Waals surface area contributed by atoms with Crippen LogP contribution in [0, 0.1) is 0 Å². The van der Waals surface area contributed by atoms with E-state index < -0.39 is 31.7 Å². The summed E-state index contributed by atoms with van der Waals surface area (Å²) in [6.07, 6.45) is -3.22. The Balaban J connectivity index is 1.70. The SMILES string of the molecule is O=S(=O)(NCc1ccc(N2CCOCC2)nc1)c1ccc(Cl)c(C(F)(F)F)c1. The van der Waals surface area contributed by atoms with Crippen molar-refractivity contribution in [3.63, 3.8) is 0 Å². The highest BCUT2D eigenvalue weighted by atomic mass is 35.5. The van der Waals surface area contributed by atoms with Gasteiger partial charge in [-0.25, -0.2) is 18.1 Å². The molecule has 1 aliphatic rings. The van der Waals surface area contributed by atoms with Crippen molar-refractivity contribution in [2.45, 2.75) is 17.6 Å². The van der Waals surface area contributed by atoms with Crippen LogP contribution in [0.1, 0.15) is 11.1 Å². The number of hydrogen-bond acceptors (Lipinski definition) is 5. The molecule has 0 spiro atoms. The van der Waals surface area contributed by atoms with Crippen molar-refractivity contribution >= 4 is 27.4 Å². The Bertz CT molecular complexity index is 931. The lowest BCUT2D eigenvalue weighted by Gasteiger charge is -2.27. The number of morpholine rings is 1. The van der Waals surface area contributed by atoms with Crippen LogP contribution in [-0.2, 0) is 27.5 Å². The van der Waals surface area contributed by atoms with Gasteiger partial charge in [0.1, 0.15) is 5.82 Å². The molecule has 0 atom stereocenters. The van der Waals surface area contributed by atoms with Crippen LogP contribution in [0.25, 0.3) is 0 Å². The number of halogens is 4. The number of benzene rings is 1.